The SMILES string of the molecule is CCC1CCC2(CC1)OCC1CC12CO. The van der Waals surface area contributed by atoms with Gasteiger partial charge in [-0.1, -0.05) is 13.3 Å². The van der Waals surface area contributed by atoms with Crippen LogP contribution in [0.1, 0.15) is 45.4 Å². The second-order valence-electron chi connectivity index (χ2n) is 5.87. The molecule has 1 saturated heterocycles. The number of hydrogen-bond donors (Lipinski definition) is 1. The van der Waals surface area contributed by atoms with Crippen LogP contribution in [0.15, 0.2) is 0 Å². The van der Waals surface area contributed by atoms with E-state index in [-0.39, 0.29) is 11.0 Å². The third-order valence-electron chi connectivity index (χ3n) is 5.47. The fourth-order valence-electron chi connectivity index (χ4n) is 4.09. The van der Waals surface area contributed by atoms with Crippen molar-refractivity contribution < 1.29 is 9.84 Å². The lowest BCUT2D eigenvalue weighted by atomic mass is 9.70. The Morgan fingerprint density at radius 2 is 2.07 bits per heavy atom. The summed E-state index contributed by atoms with van der Waals surface area (Å²) in [5.74, 6) is 1.59. The molecule has 2 aliphatic carbocycles. The summed E-state index contributed by atoms with van der Waals surface area (Å²) in [6, 6.07) is 0. The minimum atomic E-state index is 0.0814. The highest BCUT2D eigenvalue weighted by Gasteiger charge is 2.71. The van der Waals surface area contributed by atoms with E-state index in [4.69, 9.17) is 4.74 Å². The minimum absolute atomic E-state index is 0.0814. The van der Waals surface area contributed by atoms with E-state index in [1.807, 2.05) is 0 Å². The standard InChI is InChI=1S/C13H22O2/c1-2-10-3-5-13(6-4-10)12(9-14)7-11(12)8-15-13/h10-11,14H,2-9H2,1H3. The first-order valence-corrected chi connectivity index (χ1v) is 6.51. The van der Waals surface area contributed by atoms with Gasteiger partial charge in [-0.2, -0.15) is 0 Å². The van der Waals surface area contributed by atoms with Crippen LogP contribution in [0.5, 0.6) is 0 Å². The average Bonchev–Trinajstić information content (AvgIpc) is 2.96. The maximum Gasteiger partial charge on any atom is 0.0764 e. The van der Waals surface area contributed by atoms with Gasteiger partial charge in [0.1, 0.15) is 0 Å². The van der Waals surface area contributed by atoms with Crippen LogP contribution in [0, 0.1) is 17.3 Å². The molecule has 86 valence electrons. The summed E-state index contributed by atoms with van der Waals surface area (Å²) in [6.07, 6.45) is 7.55. The Hall–Kier alpha value is -0.0800. The van der Waals surface area contributed by atoms with Gasteiger partial charge in [0, 0.05) is 5.41 Å². The molecule has 1 N–H and O–H groups in total. The maximum absolute atomic E-state index is 9.63. The smallest absolute Gasteiger partial charge is 0.0764 e. The third kappa shape index (κ3) is 1.18. The van der Waals surface area contributed by atoms with Gasteiger partial charge >= 0.3 is 0 Å². The van der Waals surface area contributed by atoms with Crippen molar-refractivity contribution in [1.29, 1.82) is 0 Å². The molecule has 3 aliphatic rings. The van der Waals surface area contributed by atoms with Crippen molar-refractivity contribution in [3.8, 4) is 0 Å². The normalized spacial score (nSPS) is 53.2. The zero-order chi connectivity index (χ0) is 10.5. The lowest BCUT2D eigenvalue weighted by Crippen LogP contribution is -2.44. The predicted octanol–water partition coefficient (Wildman–Crippen LogP) is 2.35. The first-order valence-electron chi connectivity index (χ1n) is 6.51. The Kier molecular flexibility index (Phi) is 2.16. The van der Waals surface area contributed by atoms with E-state index in [0.29, 0.717) is 12.5 Å². The van der Waals surface area contributed by atoms with E-state index in [0.717, 1.165) is 12.5 Å². The molecule has 2 heteroatoms. The number of aliphatic hydroxyl groups excluding tert-OH is 1. The molecule has 0 amide bonds. The van der Waals surface area contributed by atoms with Gasteiger partial charge in [0.2, 0.25) is 0 Å². The average molecular weight is 210 g/mol. The molecule has 0 radical (unpaired) electrons. The van der Waals surface area contributed by atoms with Crippen LogP contribution in [0.2, 0.25) is 0 Å². The molecule has 1 spiro atoms. The van der Waals surface area contributed by atoms with Crippen LogP contribution in [0.4, 0.5) is 0 Å². The molecule has 1 heterocycles. The van der Waals surface area contributed by atoms with E-state index >= 15 is 0 Å². The second kappa shape index (κ2) is 3.21. The summed E-state index contributed by atoms with van der Waals surface area (Å²) in [6.45, 7) is 3.56. The van der Waals surface area contributed by atoms with E-state index < -0.39 is 0 Å². The number of aliphatic hydroxyl groups is 1. The summed E-state index contributed by atoms with van der Waals surface area (Å²) in [4.78, 5) is 0. The lowest BCUT2D eigenvalue weighted by Gasteiger charge is -2.42. The molecule has 0 aromatic rings. The predicted molar refractivity (Wildman–Crippen MR) is 58.6 cm³/mol. The van der Waals surface area contributed by atoms with Crippen molar-refractivity contribution in [2.24, 2.45) is 17.3 Å². The Bertz CT molecular complexity index is 251. The first kappa shape index (κ1) is 10.1. The Labute approximate surface area is 92.0 Å². The number of fused-ring (bicyclic) bond motifs is 2. The van der Waals surface area contributed by atoms with Gasteiger partial charge in [0.05, 0.1) is 18.8 Å². The van der Waals surface area contributed by atoms with Crippen molar-refractivity contribution in [2.45, 2.75) is 51.0 Å². The van der Waals surface area contributed by atoms with Crippen molar-refractivity contribution in [1.82, 2.24) is 0 Å². The van der Waals surface area contributed by atoms with Gasteiger partial charge < -0.3 is 9.84 Å². The van der Waals surface area contributed by atoms with Gasteiger partial charge in [-0.25, -0.2) is 0 Å². The van der Waals surface area contributed by atoms with E-state index in [1.54, 1.807) is 0 Å². The largest absolute Gasteiger partial charge is 0.396 e. The first-order chi connectivity index (χ1) is 7.26. The van der Waals surface area contributed by atoms with Crippen LogP contribution in [0.3, 0.4) is 0 Å². The summed E-state index contributed by atoms with van der Waals surface area (Å²) < 4.78 is 6.07. The number of hydrogen-bond acceptors (Lipinski definition) is 2. The molecule has 0 aromatic heterocycles. The topological polar surface area (TPSA) is 29.5 Å². The lowest BCUT2D eigenvalue weighted by molar-refractivity contribution is -0.0993. The molecule has 3 rings (SSSR count). The number of ether oxygens (including phenoxy) is 1. The monoisotopic (exact) mass is 210 g/mol. The number of rotatable bonds is 2. The fraction of sp³-hybridized carbons (Fsp3) is 1.00. The van der Waals surface area contributed by atoms with Crippen molar-refractivity contribution in [3.05, 3.63) is 0 Å². The van der Waals surface area contributed by atoms with Gasteiger partial charge in [0.25, 0.3) is 0 Å². The maximum atomic E-state index is 9.63. The molecule has 3 fully saturated rings. The zero-order valence-corrected chi connectivity index (χ0v) is 9.67. The second-order valence-corrected chi connectivity index (χ2v) is 5.87. The summed E-state index contributed by atoms with van der Waals surface area (Å²) >= 11 is 0. The molecule has 2 unspecified atom stereocenters. The molecule has 0 bridgehead atoms. The van der Waals surface area contributed by atoms with Crippen LogP contribution in [-0.2, 0) is 4.74 Å². The molecule has 2 nitrogen and oxygen atoms in total. The summed E-state index contributed by atoms with van der Waals surface area (Å²) in [7, 11) is 0. The highest BCUT2D eigenvalue weighted by atomic mass is 16.5. The molecule has 2 atom stereocenters. The van der Waals surface area contributed by atoms with E-state index in [2.05, 4.69) is 6.92 Å². The van der Waals surface area contributed by atoms with Gasteiger partial charge in [-0.15, -0.1) is 0 Å². The van der Waals surface area contributed by atoms with Crippen LogP contribution in [0.25, 0.3) is 0 Å². The molecule has 2 saturated carbocycles. The van der Waals surface area contributed by atoms with Gasteiger partial charge in [-0.05, 0) is 43.9 Å². The third-order valence-corrected chi connectivity index (χ3v) is 5.47. The van der Waals surface area contributed by atoms with Crippen molar-refractivity contribution >= 4 is 0 Å². The molecule has 15 heavy (non-hydrogen) atoms. The van der Waals surface area contributed by atoms with Crippen LogP contribution in [-0.4, -0.2) is 23.9 Å². The molecular weight excluding hydrogens is 188 g/mol. The quantitative estimate of drug-likeness (QED) is 0.758. The highest BCUT2D eigenvalue weighted by molar-refractivity contribution is 5.19. The molecule has 1 aliphatic heterocycles. The summed E-state index contributed by atoms with van der Waals surface area (Å²) in [5.41, 5.74) is 0.268. The van der Waals surface area contributed by atoms with E-state index in [9.17, 15) is 5.11 Å². The fourth-order valence-corrected chi connectivity index (χ4v) is 4.09. The molecule has 0 aromatic carbocycles. The molecular formula is C13H22O2. The van der Waals surface area contributed by atoms with Gasteiger partial charge in [0.15, 0.2) is 0 Å². The van der Waals surface area contributed by atoms with Crippen LogP contribution >= 0.6 is 0 Å². The minimum Gasteiger partial charge on any atom is -0.396 e. The zero-order valence-electron chi connectivity index (χ0n) is 9.67. The summed E-state index contributed by atoms with van der Waals surface area (Å²) in [5, 5.41) is 9.63. The van der Waals surface area contributed by atoms with Crippen molar-refractivity contribution in [2.75, 3.05) is 13.2 Å². The Balaban J connectivity index is 1.76. The van der Waals surface area contributed by atoms with Crippen LogP contribution < -0.4 is 0 Å². The van der Waals surface area contributed by atoms with Gasteiger partial charge in [-0.3, -0.25) is 0 Å². The Morgan fingerprint density at radius 1 is 1.33 bits per heavy atom. The highest BCUT2D eigenvalue weighted by Crippen LogP contribution is 2.69. The van der Waals surface area contributed by atoms with Crippen molar-refractivity contribution in [3.63, 3.8) is 0 Å². The van der Waals surface area contributed by atoms with E-state index in [1.165, 1.54) is 38.5 Å². The Morgan fingerprint density at radius 3 is 2.60 bits per heavy atom.